The third-order valence-electron chi connectivity index (χ3n) is 1.73. The monoisotopic (exact) mass is 140 g/mol. The molecule has 0 saturated heterocycles. The largest absolute Gasteiger partial charge is 0.383 e. The minimum absolute atomic E-state index is 0.771. The molecule has 3 heteroatoms. The van der Waals surface area contributed by atoms with Crippen molar-refractivity contribution in [1.29, 1.82) is 0 Å². The van der Waals surface area contributed by atoms with Crippen LogP contribution in [0.1, 0.15) is 16.9 Å². The molecule has 0 saturated carbocycles. The van der Waals surface area contributed by atoms with Gasteiger partial charge in [0.2, 0.25) is 0 Å². The van der Waals surface area contributed by atoms with E-state index in [4.69, 9.17) is 5.73 Å². The molecule has 1 heterocycles. The lowest BCUT2D eigenvalue weighted by molar-refractivity contribution is 0.913. The maximum Gasteiger partial charge on any atom is 0.140 e. The molecule has 48 valence electrons. The quantitative estimate of drug-likeness (QED) is 0.588. The van der Waals surface area contributed by atoms with Crippen LogP contribution in [0.3, 0.4) is 0 Å². The van der Waals surface area contributed by atoms with Crippen LogP contribution < -0.4 is 5.73 Å². The molecule has 1 aliphatic carbocycles. The number of rotatable bonds is 0. The van der Waals surface area contributed by atoms with Crippen LogP contribution in [0.15, 0.2) is 0 Å². The summed E-state index contributed by atoms with van der Waals surface area (Å²) in [5.41, 5.74) is 6.91. The van der Waals surface area contributed by atoms with Gasteiger partial charge in [0, 0.05) is 10.4 Å². The zero-order chi connectivity index (χ0) is 6.27. The second-order valence-electron chi connectivity index (χ2n) is 2.32. The van der Waals surface area contributed by atoms with Gasteiger partial charge in [0.05, 0.1) is 0 Å². The Morgan fingerprint density at radius 1 is 1.44 bits per heavy atom. The standard InChI is InChI=1S/C6H8N2S/c7-6-4-2-1-3-5(4)9-8-6/h1-3H2,(H2,7,8). The highest BCUT2D eigenvalue weighted by molar-refractivity contribution is 7.06. The normalized spacial score (nSPS) is 16.0. The predicted octanol–water partition coefficient (Wildman–Crippen LogP) is 1.21. The van der Waals surface area contributed by atoms with Gasteiger partial charge in [-0.2, -0.15) is 4.37 Å². The fourth-order valence-electron chi connectivity index (χ4n) is 1.25. The number of nitrogens with two attached hydrogens (primary N) is 1. The highest BCUT2D eigenvalue weighted by Gasteiger charge is 2.16. The Balaban J connectivity index is 2.56. The first-order valence-corrected chi connectivity index (χ1v) is 3.88. The van der Waals surface area contributed by atoms with Gasteiger partial charge in [0.25, 0.3) is 0 Å². The van der Waals surface area contributed by atoms with Crippen LogP contribution in [-0.4, -0.2) is 4.37 Å². The topological polar surface area (TPSA) is 38.9 Å². The van der Waals surface area contributed by atoms with E-state index >= 15 is 0 Å². The van der Waals surface area contributed by atoms with Crippen molar-refractivity contribution in [2.45, 2.75) is 19.3 Å². The number of nitrogens with zero attached hydrogens (tertiary/aromatic N) is 1. The molecule has 1 aromatic heterocycles. The number of hydrogen-bond donors (Lipinski definition) is 1. The Bertz CT molecular complexity index is 229. The molecule has 0 radical (unpaired) electrons. The van der Waals surface area contributed by atoms with E-state index in [-0.39, 0.29) is 0 Å². The molecule has 0 aliphatic heterocycles. The summed E-state index contributed by atoms with van der Waals surface area (Å²) in [5.74, 6) is 0.771. The Morgan fingerprint density at radius 2 is 2.33 bits per heavy atom. The minimum atomic E-state index is 0.771. The van der Waals surface area contributed by atoms with E-state index in [0.717, 1.165) is 12.2 Å². The van der Waals surface area contributed by atoms with Crippen molar-refractivity contribution in [2.24, 2.45) is 0 Å². The van der Waals surface area contributed by atoms with E-state index in [1.54, 1.807) is 11.5 Å². The van der Waals surface area contributed by atoms with Gasteiger partial charge in [-0.05, 0) is 30.8 Å². The number of hydrogen-bond acceptors (Lipinski definition) is 3. The molecule has 2 rings (SSSR count). The third-order valence-corrected chi connectivity index (χ3v) is 2.69. The summed E-state index contributed by atoms with van der Waals surface area (Å²) in [6, 6.07) is 0. The highest BCUT2D eigenvalue weighted by Crippen LogP contribution is 2.29. The summed E-state index contributed by atoms with van der Waals surface area (Å²) in [6.45, 7) is 0. The Labute approximate surface area is 57.9 Å². The van der Waals surface area contributed by atoms with Crippen molar-refractivity contribution < 1.29 is 0 Å². The van der Waals surface area contributed by atoms with E-state index in [1.807, 2.05) is 0 Å². The van der Waals surface area contributed by atoms with Gasteiger partial charge in [-0.15, -0.1) is 0 Å². The summed E-state index contributed by atoms with van der Waals surface area (Å²) >= 11 is 1.56. The van der Waals surface area contributed by atoms with Gasteiger partial charge in [-0.3, -0.25) is 0 Å². The second-order valence-corrected chi connectivity index (χ2v) is 3.18. The number of aryl methyl sites for hydroxylation is 1. The summed E-state index contributed by atoms with van der Waals surface area (Å²) < 4.78 is 4.06. The van der Waals surface area contributed by atoms with E-state index in [0.29, 0.717) is 0 Å². The molecule has 0 spiro atoms. The average molecular weight is 140 g/mol. The number of fused-ring (bicyclic) bond motifs is 1. The van der Waals surface area contributed by atoms with Crippen LogP contribution >= 0.6 is 11.5 Å². The molecule has 1 aromatic rings. The molecule has 0 fully saturated rings. The lowest BCUT2D eigenvalue weighted by Crippen LogP contribution is -1.87. The van der Waals surface area contributed by atoms with Gasteiger partial charge in [-0.1, -0.05) is 0 Å². The van der Waals surface area contributed by atoms with Crippen molar-refractivity contribution in [2.75, 3.05) is 5.73 Å². The van der Waals surface area contributed by atoms with Crippen LogP contribution in [0.25, 0.3) is 0 Å². The molecule has 2 N–H and O–H groups in total. The van der Waals surface area contributed by atoms with Gasteiger partial charge < -0.3 is 5.73 Å². The fourth-order valence-corrected chi connectivity index (χ4v) is 2.12. The molecular formula is C6H8N2S. The lowest BCUT2D eigenvalue weighted by Gasteiger charge is -1.85. The van der Waals surface area contributed by atoms with E-state index in [1.165, 1.54) is 23.3 Å². The van der Waals surface area contributed by atoms with Gasteiger partial charge in [-0.25, -0.2) is 0 Å². The zero-order valence-electron chi connectivity index (χ0n) is 5.05. The van der Waals surface area contributed by atoms with Crippen molar-refractivity contribution in [1.82, 2.24) is 4.37 Å². The second kappa shape index (κ2) is 1.70. The number of aromatic nitrogens is 1. The molecule has 2 nitrogen and oxygen atoms in total. The predicted molar refractivity (Wildman–Crippen MR) is 38.6 cm³/mol. The molecule has 0 unspecified atom stereocenters. The fraction of sp³-hybridized carbons (Fsp3) is 0.500. The smallest absolute Gasteiger partial charge is 0.140 e. The molecule has 1 aliphatic rings. The Kier molecular flexibility index (Phi) is 0.990. The molecule has 9 heavy (non-hydrogen) atoms. The van der Waals surface area contributed by atoms with Gasteiger partial charge in [0.15, 0.2) is 0 Å². The first-order valence-electron chi connectivity index (χ1n) is 3.11. The number of nitrogen functional groups attached to an aromatic ring is 1. The van der Waals surface area contributed by atoms with Crippen LogP contribution in [0.4, 0.5) is 5.82 Å². The van der Waals surface area contributed by atoms with E-state index < -0.39 is 0 Å². The van der Waals surface area contributed by atoms with Crippen molar-refractivity contribution in [3.05, 3.63) is 10.4 Å². The molecule has 0 bridgehead atoms. The first-order chi connectivity index (χ1) is 4.38. The summed E-state index contributed by atoms with van der Waals surface area (Å²) in [6.07, 6.45) is 3.62. The van der Waals surface area contributed by atoms with Crippen LogP contribution in [0.5, 0.6) is 0 Å². The summed E-state index contributed by atoms with van der Waals surface area (Å²) in [5, 5.41) is 0. The van der Waals surface area contributed by atoms with Crippen LogP contribution in [0.2, 0.25) is 0 Å². The van der Waals surface area contributed by atoms with Crippen LogP contribution in [0, 0.1) is 0 Å². The third kappa shape index (κ3) is 0.645. The van der Waals surface area contributed by atoms with Crippen molar-refractivity contribution in [3.63, 3.8) is 0 Å². The Hall–Kier alpha value is -0.570. The van der Waals surface area contributed by atoms with Crippen molar-refractivity contribution in [3.8, 4) is 0 Å². The van der Waals surface area contributed by atoms with Crippen molar-refractivity contribution >= 4 is 17.4 Å². The van der Waals surface area contributed by atoms with Crippen LogP contribution in [-0.2, 0) is 12.8 Å². The van der Waals surface area contributed by atoms with Gasteiger partial charge in [0.1, 0.15) is 5.82 Å². The SMILES string of the molecule is Nc1nsc2c1CCC2. The Morgan fingerprint density at radius 3 is 3.11 bits per heavy atom. The first kappa shape index (κ1) is 5.23. The molecule has 0 atom stereocenters. The molecule has 0 aromatic carbocycles. The van der Waals surface area contributed by atoms with Gasteiger partial charge >= 0.3 is 0 Å². The highest BCUT2D eigenvalue weighted by atomic mass is 32.1. The minimum Gasteiger partial charge on any atom is -0.383 e. The summed E-state index contributed by atoms with van der Waals surface area (Å²) in [7, 11) is 0. The van der Waals surface area contributed by atoms with E-state index in [9.17, 15) is 0 Å². The lowest BCUT2D eigenvalue weighted by atomic mass is 10.3. The molecular weight excluding hydrogens is 132 g/mol. The maximum absolute atomic E-state index is 5.59. The maximum atomic E-state index is 5.59. The summed E-state index contributed by atoms with van der Waals surface area (Å²) in [4.78, 5) is 1.41. The number of anilines is 1. The zero-order valence-corrected chi connectivity index (χ0v) is 5.87. The van der Waals surface area contributed by atoms with E-state index in [2.05, 4.69) is 4.37 Å². The molecule has 0 amide bonds. The average Bonchev–Trinajstić information content (AvgIpc) is 2.35.